The standard InChI is InChI=1S/C44H61N13O10S2/c1-24(2)36-42(65)53-31(18-27-19-48-23-50-27)38(61)56-34(41(64)54-32(43(66)67)17-25-8-5-4-6-9-25)22-69-68-21-33(40(63)52-30(39(62)57-36)16-26-11-13-28(58)14-12-26)55-37(60)29(51-35(59)20-47-3)10-7-15-49-44(45)46/h4-6,8-9,11-14,19,23-24,29-34,36,47,58H,7,10,15-18,20-22H2,1-3H3,(H,48,50)(H,51,59)(H,52,63)(H,53,65)(H,54,64)(H,55,60)(H,56,61)(H,57,62)(H,66,67)(H4,45,46,49)/t29-,30?,31?,32-,33?,34?,36-/m0/s1. The van der Waals surface area contributed by atoms with Gasteiger partial charge < -0.3 is 69.2 Å². The predicted octanol–water partition coefficient (Wildman–Crippen LogP) is -2.05. The number of likely N-dealkylation sites (N-methyl/N-ethyl adjacent to an activating group) is 1. The number of amides is 7. The number of guanidine groups is 1. The lowest BCUT2D eigenvalue weighted by Crippen LogP contribution is -2.61. The molecule has 1 aliphatic rings. The van der Waals surface area contributed by atoms with Crippen molar-refractivity contribution in [2.45, 2.75) is 88.2 Å². The molecule has 1 aliphatic heterocycles. The molecule has 7 amide bonds. The van der Waals surface area contributed by atoms with Crippen molar-refractivity contribution in [1.29, 1.82) is 0 Å². The molecule has 7 atom stereocenters. The highest BCUT2D eigenvalue weighted by atomic mass is 33.1. The van der Waals surface area contributed by atoms with Crippen LogP contribution in [-0.2, 0) is 57.6 Å². The summed E-state index contributed by atoms with van der Waals surface area (Å²) < 4.78 is 0. The van der Waals surface area contributed by atoms with Crippen molar-refractivity contribution in [2.24, 2.45) is 22.4 Å². The molecule has 25 heteroatoms. The summed E-state index contributed by atoms with van der Waals surface area (Å²) in [6.07, 6.45) is 2.77. The quantitative estimate of drug-likeness (QED) is 0.0266. The van der Waals surface area contributed by atoms with Gasteiger partial charge in [-0.3, -0.25) is 38.6 Å². The van der Waals surface area contributed by atoms with E-state index in [9.17, 15) is 48.6 Å². The molecule has 0 aliphatic carbocycles. The van der Waals surface area contributed by atoms with Crippen LogP contribution in [0.25, 0.3) is 0 Å². The number of aliphatic carboxylic acids is 1. The second-order valence-electron chi connectivity index (χ2n) is 16.4. The summed E-state index contributed by atoms with van der Waals surface area (Å²) in [5.74, 6) is -7.94. The fraction of sp³-hybridized carbons (Fsp3) is 0.455. The summed E-state index contributed by atoms with van der Waals surface area (Å²) in [4.78, 5) is 121. The molecule has 23 nitrogen and oxygen atoms in total. The van der Waals surface area contributed by atoms with Crippen LogP contribution in [0.15, 0.2) is 72.1 Å². The number of aromatic hydroxyl groups is 1. The van der Waals surface area contributed by atoms with E-state index in [-0.39, 0.29) is 68.4 Å². The highest BCUT2D eigenvalue weighted by Crippen LogP contribution is 2.24. The lowest BCUT2D eigenvalue weighted by atomic mass is 9.99. The van der Waals surface area contributed by atoms with Crippen LogP contribution in [-0.4, -0.2) is 147 Å². The van der Waals surface area contributed by atoms with Crippen LogP contribution in [0.3, 0.4) is 0 Å². The zero-order valence-corrected chi connectivity index (χ0v) is 40.0. The van der Waals surface area contributed by atoms with Crippen molar-refractivity contribution in [2.75, 3.05) is 31.6 Å². The number of carboxylic acid groups (broad SMARTS) is 1. The Morgan fingerprint density at radius 1 is 0.826 bits per heavy atom. The maximum atomic E-state index is 14.4. The van der Waals surface area contributed by atoms with Crippen LogP contribution >= 0.6 is 21.6 Å². The van der Waals surface area contributed by atoms with Crippen molar-refractivity contribution >= 4 is 74.9 Å². The van der Waals surface area contributed by atoms with Gasteiger partial charge in [0.05, 0.1) is 12.9 Å². The number of aromatic nitrogens is 2. The van der Waals surface area contributed by atoms with Gasteiger partial charge in [-0.15, -0.1) is 0 Å². The van der Waals surface area contributed by atoms with E-state index >= 15 is 0 Å². The van der Waals surface area contributed by atoms with Crippen molar-refractivity contribution in [1.82, 2.24) is 52.5 Å². The van der Waals surface area contributed by atoms with Crippen LogP contribution in [0.4, 0.5) is 0 Å². The third-order valence-electron chi connectivity index (χ3n) is 10.5. The number of hydrogen-bond donors (Lipinski definition) is 13. The monoisotopic (exact) mass is 995 g/mol. The molecule has 0 radical (unpaired) electrons. The lowest BCUT2D eigenvalue weighted by molar-refractivity contribution is -0.142. The number of carbonyl (C=O) groups is 8. The number of carbonyl (C=O) groups excluding carboxylic acids is 7. The van der Waals surface area contributed by atoms with Crippen molar-refractivity contribution in [3.05, 3.63) is 83.9 Å². The number of imidazole rings is 1. The Balaban J connectivity index is 1.74. The number of nitrogens with zero attached hydrogens (tertiary/aromatic N) is 2. The Bertz CT molecular complexity index is 2230. The van der Waals surface area contributed by atoms with Gasteiger partial charge in [0.1, 0.15) is 48.0 Å². The van der Waals surface area contributed by atoms with Gasteiger partial charge in [0, 0.05) is 49.2 Å². The molecule has 15 N–H and O–H groups in total. The van der Waals surface area contributed by atoms with E-state index in [1.807, 2.05) is 0 Å². The molecule has 0 spiro atoms. The number of benzene rings is 2. The maximum absolute atomic E-state index is 14.4. The predicted molar refractivity (Wildman–Crippen MR) is 259 cm³/mol. The minimum atomic E-state index is -1.42. The smallest absolute Gasteiger partial charge is 0.326 e. The first-order valence-electron chi connectivity index (χ1n) is 22.0. The number of phenols is 1. The minimum absolute atomic E-state index is 0.0491. The number of carboxylic acids is 1. The fourth-order valence-electron chi connectivity index (χ4n) is 6.87. The SMILES string of the molecule is CNCC(=O)N[C@@H](CCCN=C(N)N)C(=O)NC1CSSCC(C(=O)N[C@@H](Cc2ccccc2)C(=O)O)NC(=O)C(Cc2cnc[nH]2)NC(=O)[C@H](C(C)C)NC(=O)C(Cc2ccc(O)cc2)NC1=O. The first-order chi connectivity index (χ1) is 32.9. The second kappa shape index (κ2) is 27.8. The fourth-order valence-corrected chi connectivity index (χ4v) is 9.20. The van der Waals surface area contributed by atoms with E-state index in [2.05, 4.69) is 57.5 Å². The summed E-state index contributed by atoms with van der Waals surface area (Å²) in [5.41, 5.74) is 12.5. The molecule has 1 aromatic heterocycles. The van der Waals surface area contributed by atoms with Crippen molar-refractivity contribution in [3.8, 4) is 5.75 Å². The Morgan fingerprint density at radius 2 is 1.49 bits per heavy atom. The van der Waals surface area contributed by atoms with E-state index in [4.69, 9.17) is 11.5 Å². The van der Waals surface area contributed by atoms with E-state index < -0.39 is 95.5 Å². The van der Waals surface area contributed by atoms with E-state index in [0.717, 1.165) is 21.6 Å². The molecule has 1 saturated heterocycles. The van der Waals surface area contributed by atoms with Crippen molar-refractivity contribution in [3.63, 3.8) is 0 Å². The summed E-state index contributed by atoms with van der Waals surface area (Å²) in [6.45, 7) is 3.30. The Labute approximate surface area is 406 Å². The summed E-state index contributed by atoms with van der Waals surface area (Å²) in [5, 5.41) is 41.5. The average molecular weight is 996 g/mol. The van der Waals surface area contributed by atoms with E-state index in [0.29, 0.717) is 16.8 Å². The maximum Gasteiger partial charge on any atom is 0.326 e. The number of rotatable bonds is 19. The van der Waals surface area contributed by atoms with Crippen LogP contribution in [0.2, 0.25) is 0 Å². The number of nitrogens with one attached hydrogen (secondary N) is 9. The number of phenolic OH excluding ortho intramolecular Hbond substituents is 1. The van der Waals surface area contributed by atoms with Crippen molar-refractivity contribution < 1.29 is 48.6 Å². The Hall–Kier alpha value is -6.86. The van der Waals surface area contributed by atoms with Gasteiger partial charge >= 0.3 is 5.97 Å². The van der Waals surface area contributed by atoms with Crippen LogP contribution in [0, 0.1) is 5.92 Å². The molecule has 69 heavy (non-hydrogen) atoms. The molecule has 4 rings (SSSR count). The van der Waals surface area contributed by atoms with Crippen LogP contribution in [0.5, 0.6) is 5.75 Å². The number of hydrogen-bond acceptors (Lipinski definition) is 14. The van der Waals surface area contributed by atoms with Gasteiger partial charge in [0.25, 0.3) is 0 Å². The molecule has 1 fully saturated rings. The summed E-state index contributed by atoms with van der Waals surface area (Å²) in [6, 6.07) is 5.06. The van der Waals surface area contributed by atoms with Gasteiger partial charge in [-0.2, -0.15) is 0 Å². The largest absolute Gasteiger partial charge is 0.508 e. The normalized spacial score (nSPS) is 20.4. The lowest BCUT2D eigenvalue weighted by Gasteiger charge is -2.28. The molecule has 374 valence electrons. The number of aromatic amines is 1. The van der Waals surface area contributed by atoms with E-state index in [1.165, 1.54) is 24.7 Å². The Morgan fingerprint density at radius 3 is 2.13 bits per heavy atom. The minimum Gasteiger partial charge on any atom is -0.508 e. The van der Waals surface area contributed by atoms with Gasteiger partial charge in [0.2, 0.25) is 41.4 Å². The molecule has 0 bridgehead atoms. The zero-order chi connectivity index (χ0) is 50.5. The third-order valence-corrected chi connectivity index (χ3v) is 12.9. The number of H-pyrrole nitrogens is 1. The number of aliphatic imine (C=N–C) groups is 1. The van der Waals surface area contributed by atoms with Gasteiger partial charge in [-0.1, -0.05) is 77.9 Å². The molecular weight excluding hydrogens is 935 g/mol. The molecule has 2 heterocycles. The topological polar surface area (TPSA) is 366 Å². The first kappa shape index (κ1) is 54.7. The van der Waals surface area contributed by atoms with Gasteiger partial charge in [0.15, 0.2) is 5.96 Å². The molecule has 4 unspecified atom stereocenters. The second-order valence-corrected chi connectivity index (χ2v) is 18.9. The zero-order valence-electron chi connectivity index (χ0n) is 38.4. The molecule has 0 saturated carbocycles. The van der Waals surface area contributed by atoms with Crippen LogP contribution < -0.4 is 54.0 Å². The van der Waals surface area contributed by atoms with Gasteiger partial charge in [-0.25, -0.2) is 9.78 Å². The number of nitrogens with two attached hydrogens (primary N) is 2. The molecular formula is C44H61N13O10S2. The first-order valence-corrected chi connectivity index (χ1v) is 24.5. The van der Waals surface area contributed by atoms with Crippen LogP contribution in [0.1, 0.15) is 43.5 Å². The molecule has 2 aromatic carbocycles. The highest BCUT2D eigenvalue weighted by molar-refractivity contribution is 8.76. The summed E-state index contributed by atoms with van der Waals surface area (Å²) in [7, 11) is 3.56. The van der Waals surface area contributed by atoms with Gasteiger partial charge in [-0.05, 0) is 49.1 Å². The summed E-state index contributed by atoms with van der Waals surface area (Å²) >= 11 is 0. The molecule has 3 aromatic rings. The highest BCUT2D eigenvalue weighted by Gasteiger charge is 2.36. The third kappa shape index (κ3) is 18.6. The van der Waals surface area contributed by atoms with E-state index in [1.54, 1.807) is 63.4 Å². The average Bonchev–Trinajstić information content (AvgIpc) is 3.82. The Kier molecular flexibility index (Phi) is 22.1.